The fraction of sp³-hybridized carbons (Fsp3) is 0.321. The second-order valence-electron chi connectivity index (χ2n) is 10.0. The van der Waals surface area contributed by atoms with Crippen LogP contribution in [0, 0.1) is 10.1 Å². The normalized spacial score (nSPS) is 19.0. The second kappa shape index (κ2) is 11.0. The fourth-order valence-corrected chi connectivity index (χ4v) is 5.14. The molecule has 1 saturated heterocycles. The zero-order chi connectivity index (χ0) is 28.6. The van der Waals surface area contributed by atoms with Gasteiger partial charge < -0.3 is 19.5 Å². The first kappa shape index (κ1) is 27.2. The van der Waals surface area contributed by atoms with Crippen LogP contribution in [0.2, 0.25) is 5.02 Å². The van der Waals surface area contributed by atoms with Crippen LogP contribution in [0.15, 0.2) is 65.9 Å². The Morgan fingerprint density at radius 3 is 2.55 bits per heavy atom. The van der Waals surface area contributed by atoms with Gasteiger partial charge in [0.1, 0.15) is 24.2 Å². The smallest absolute Gasteiger partial charge is 0.326 e. The Morgan fingerprint density at radius 1 is 1.18 bits per heavy atom. The number of aromatic nitrogens is 1. The van der Waals surface area contributed by atoms with Crippen LogP contribution in [0.1, 0.15) is 42.6 Å². The average Bonchev–Trinajstić information content (AvgIpc) is 3.52. The largest absolute Gasteiger partial charge is 0.490 e. The zero-order valence-electron chi connectivity index (χ0n) is 22.3. The number of aryl methyl sites for hydroxylation is 1. The van der Waals surface area contributed by atoms with Gasteiger partial charge in [0.05, 0.1) is 28.7 Å². The minimum atomic E-state index is -0.572. The molecule has 0 radical (unpaired) electrons. The number of carbonyl (C=O) groups is 2. The van der Waals surface area contributed by atoms with E-state index in [1.54, 1.807) is 23.1 Å². The molecule has 11 nitrogen and oxygen atoms in total. The maximum atomic E-state index is 14.3. The molecule has 12 heteroatoms. The fourth-order valence-electron chi connectivity index (χ4n) is 5.01. The van der Waals surface area contributed by atoms with E-state index in [1.165, 1.54) is 17.0 Å². The van der Waals surface area contributed by atoms with Crippen molar-refractivity contribution in [3.8, 4) is 5.75 Å². The summed E-state index contributed by atoms with van der Waals surface area (Å²) in [6, 6.07) is 12.0. The molecule has 5 rings (SSSR count). The highest BCUT2D eigenvalue weighted by Crippen LogP contribution is 2.45. The van der Waals surface area contributed by atoms with Crippen LogP contribution in [-0.2, 0) is 11.8 Å². The number of nitro groups is 1. The van der Waals surface area contributed by atoms with E-state index in [2.05, 4.69) is 5.32 Å². The Kier molecular flexibility index (Phi) is 7.49. The predicted octanol–water partition coefficient (Wildman–Crippen LogP) is 4.47. The van der Waals surface area contributed by atoms with E-state index in [0.29, 0.717) is 29.5 Å². The summed E-state index contributed by atoms with van der Waals surface area (Å²) >= 11 is 6.18. The first-order chi connectivity index (χ1) is 19.1. The minimum Gasteiger partial charge on any atom is -0.490 e. The van der Waals surface area contributed by atoms with Crippen LogP contribution in [-0.4, -0.2) is 62.8 Å². The standard InChI is InChI=1S/C28H29ClN6O5/c1-17(2)40-23-14-21(35(38)39)8-9-22(23)27-31-25(18-4-6-20(29)7-5-18)26(19-10-12-32(3)15-19)34(27)28(37)33-13-11-30-24(36)16-33/h4-10,12,14-15,17,25-26H,11,13,16H2,1-3H3,(H,30,36). The maximum absolute atomic E-state index is 14.3. The molecule has 2 aliphatic rings. The van der Waals surface area contributed by atoms with Gasteiger partial charge in [-0.05, 0) is 49.2 Å². The Morgan fingerprint density at radius 2 is 1.93 bits per heavy atom. The highest BCUT2D eigenvalue weighted by molar-refractivity contribution is 6.30. The van der Waals surface area contributed by atoms with E-state index < -0.39 is 23.0 Å². The van der Waals surface area contributed by atoms with Gasteiger partial charge in [0.2, 0.25) is 5.91 Å². The molecule has 1 N–H and O–H groups in total. The number of aliphatic imine (C=N–C) groups is 1. The van der Waals surface area contributed by atoms with Crippen molar-refractivity contribution in [3.05, 3.63) is 92.8 Å². The number of nitro benzene ring substituents is 1. The maximum Gasteiger partial charge on any atom is 0.326 e. The number of non-ortho nitro benzene ring substituents is 1. The first-order valence-electron chi connectivity index (χ1n) is 12.9. The molecule has 0 aliphatic carbocycles. The van der Waals surface area contributed by atoms with Gasteiger partial charge in [-0.2, -0.15) is 0 Å². The summed E-state index contributed by atoms with van der Waals surface area (Å²) in [7, 11) is 1.89. The lowest BCUT2D eigenvalue weighted by Gasteiger charge is -2.35. The third kappa shape index (κ3) is 5.37. The summed E-state index contributed by atoms with van der Waals surface area (Å²) in [6.07, 6.45) is 3.52. The number of hydrogen-bond acceptors (Lipinski definition) is 6. The lowest BCUT2D eigenvalue weighted by atomic mass is 9.95. The molecule has 0 spiro atoms. The summed E-state index contributed by atoms with van der Waals surface area (Å²) in [5.41, 5.74) is 1.96. The molecule has 40 heavy (non-hydrogen) atoms. The van der Waals surface area contributed by atoms with E-state index in [4.69, 9.17) is 21.3 Å². The van der Waals surface area contributed by atoms with Gasteiger partial charge in [-0.25, -0.2) is 4.79 Å². The summed E-state index contributed by atoms with van der Waals surface area (Å²) in [4.78, 5) is 45.8. The molecule has 2 aromatic carbocycles. The van der Waals surface area contributed by atoms with Crippen molar-refractivity contribution < 1.29 is 19.2 Å². The quantitative estimate of drug-likeness (QED) is 0.349. The number of halogens is 1. The van der Waals surface area contributed by atoms with Gasteiger partial charge in [-0.3, -0.25) is 24.8 Å². The van der Waals surface area contributed by atoms with E-state index in [9.17, 15) is 19.7 Å². The summed E-state index contributed by atoms with van der Waals surface area (Å²) in [5.74, 6) is 0.290. The highest BCUT2D eigenvalue weighted by atomic mass is 35.5. The molecule has 208 valence electrons. The van der Waals surface area contributed by atoms with Gasteiger partial charge in [-0.1, -0.05) is 23.7 Å². The van der Waals surface area contributed by atoms with E-state index in [1.807, 2.05) is 56.1 Å². The van der Waals surface area contributed by atoms with Gasteiger partial charge >= 0.3 is 6.03 Å². The van der Waals surface area contributed by atoms with Crippen molar-refractivity contribution in [2.45, 2.75) is 32.0 Å². The van der Waals surface area contributed by atoms with Gasteiger partial charge in [0.15, 0.2) is 0 Å². The summed E-state index contributed by atoms with van der Waals surface area (Å²) in [6.45, 7) is 4.21. The summed E-state index contributed by atoms with van der Waals surface area (Å²) < 4.78 is 7.91. The van der Waals surface area contributed by atoms with Crippen molar-refractivity contribution in [3.63, 3.8) is 0 Å². The number of carbonyl (C=O) groups excluding carboxylic acids is 2. The lowest BCUT2D eigenvalue weighted by Crippen LogP contribution is -2.55. The predicted molar refractivity (Wildman–Crippen MR) is 150 cm³/mol. The molecule has 1 fully saturated rings. The number of rotatable bonds is 6. The Balaban J connectivity index is 1.71. The number of ether oxygens (including phenoxy) is 1. The number of amides is 3. The molecule has 3 heterocycles. The van der Waals surface area contributed by atoms with Gasteiger partial charge in [0.25, 0.3) is 5.69 Å². The number of amidine groups is 1. The molecule has 0 bridgehead atoms. The Labute approximate surface area is 236 Å². The van der Waals surface area contributed by atoms with Crippen molar-refractivity contribution in [2.75, 3.05) is 19.6 Å². The van der Waals surface area contributed by atoms with E-state index in [-0.39, 0.29) is 30.0 Å². The average molecular weight is 565 g/mol. The zero-order valence-corrected chi connectivity index (χ0v) is 23.0. The van der Waals surface area contributed by atoms with Crippen LogP contribution < -0.4 is 10.1 Å². The van der Waals surface area contributed by atoms with Crippen molar-refractivity contribution in [2.24, 2.45) is 12.0 Å². The monoisotopic (exact) mass is 564 g/mol. The molecule has 3 aromatic rings. The minimum absolute atomic E-state index is 0.0919. The number of hydrogen-bond donors (Lipinski definition) is 1. The molecular weight excluding hydrogens is 536 g/mol. The van der Waals surface area contributed by atoms with Gasteiger partial charge in [0, 0.05) is 43.6 Å². The van der Waals surface area contributed by atoms with Crippen LogP contribution in [0.5, 0.6) is 5.75 Å². The lowest BCUT2D eigenvalue weighted by molar-refractivity contribution is -0.384. The molecular formula is C28H29ClN6O5. The van der Waals surface area contributed by atoms with Crippen molar-refractivity contribution in [1.29, 1.82) is 0 Å². The van der Waals surface area contributed by atoms with Crippen LogP contribution >= 0.6 is 11.6 Å². The molecule has 2 unspecified atom stereocenters. The molecule has 1 aromatic heterocycles. The van der Waals surface area contributed by atoms with Crippen LogP contribution in [0.3, 0.4) is 0 Å². The molecule has 2 atom stereocenters. The third-order valence-corrected chi connectivity index (χ3v) is 7.02. The number of nitrogens with zero attached hydrogens (tertiary/aromatic N) is 5. The van der Waals surface area contributed by atoms with E-state index >= 15 is 0 Å². The van der Waals surface area contributed by atoms with Crippen molar-refractivity contribution >= 4 is 35.1 Å². The molecule has 3 amide bonds. The number of piperazine rings is 1. The molecule has 0 saturated carbocycles. The van der Waals surface area contributed by atoms with Crippen LogP contribution in [0.25, 0.3) is 0 Å². The van der Waals surface area contributed by atoms with Crippen molar-refractivity contribution in [1.82, 2.24) is 19.7 Å². The topological polar surface area (TPSA) is 122 Å². The van der Waals surface area contributed by atoms with Gasteiger partial charge in [-0.15, -0.1) is 0 Å². The second-order valence-corrected chi connectivity index (χ2v) is 10.5. The number of nitrogens with one attached hydrogen (secondary N) is 1. The summed E-state index contributed by atoms with van der Waals surface area (Å²) in [5, 5.41) is 14.9. The number of benzene rings is 2. The third-order valence-electron chi connectivity index (χ3n) is 6.77. The molecule has 2 aliphatic heterocycles. The Hall–Kier alpha value is -4.38. The highest BCUT2D eigenvalue weighted by Gasteiger charge is 2.45. The number of urea groups is 1. The van der Waals surface area contributed by atoms with Crippen LogP contribution in [0.4, 0.5) is 10.5 Å². The van der Waals surface area contributed by atoms with E-state index in [0.717, 1.165) is 11.1 Å². The Bertz CT molecular complexity index is 1480. The first-order valence-corrected chi connectivity index (χ1v) is 13.3. The SMILES string of the molecule is CC(C)Oc1cc([N+](=O)[O-])ccc1C1=NC(c2ccc(Cl)cc2)C(c2ccn(C)c2)N1C(=O)N1CCNC(=O)C1.